The van der Waals surface area contributed by atoms with Crippen LogP contribution < -0.4 is 10.6 Å². The van der Waals surface area contributed by atoms with Crippen LogP contribution in [0.4, 0.5) is 23.7 Å². The molecule has 2 aromatic rings. The number of anilines is 1. The minimum absolute atomic E-state index is 0.0117. The first kappa shape index (κ1) is 27.0. The number of primary amides is 1. The van der Waals surface area contributed by atoms with Crippen molar-refractivity contribution in [1.29, 1.82) is 5.26 Å². The van der Waals surface area contributed by atoms with E-state index in [1.54, 1.807) is 6.07 Å². The van der Waals surface area contributed by atoms with Crippen LogP contribution >= 0.6 is 0 Å². The van der Waals surface area contributed by atoms with Gasteiger partial charge >= 0.3 is 12.2 Å². The Labute approximate surface area is 209 Å². The summed E-state index contributed by atoms with van der Waals surface area (Å²) in [6.07, 6.45) is -4.11. The smallest absolute Gasteiger partial charge is 0.417 e. The molecule has 0 aromatic heterocycles. The van der Waals surface area contributed by atoms with E-state index >= 15 is 0 Å². The van der Waals surface area contributed by atoms with Crippen molar-refractivity contribution >= 4 is 23.5 Å². The van der Waals surface area contributed by atoms with Gasteiger partial charge in [-0.2, -0.15) is 23.5 Å². The first-order valence-electron chi connectivity index (χ1n) is 10.8. The maximum atomic E-state index is 13.4. The summed E-state index contributed by atoms with van der Waals surface area (Å²) in [7, 11) is 0. The third-order valence-corrected chi connectivity index (χ3v) is 5.54. The maximum Gasteiger partial charge on any atom is 0.417 e. The zero-order chi connectivity index (χ0) is 27.5. The Hall–Kier alpha value is -4.55. The second kappa shape index (κ2) is 10.2. The summed E-state index contributed by atoms with van der Waals surface area (Å²) in [6, 6.07) is 7.39. The van der Waals surface area contributed by atoms with E-state index in [4.69, 9.17) is 15.8 Å². The third kappa shape index (κ3) is 5.50. The number of hydrogen-bond acceptors (Lipinski definition) is 6. The number of carbonyl (C=O) groups excluding carboxylic acids is 3. The SMILES string of the molecule is CC1(C)C(=O)N(c2ccc(C#N)c(C(F)(F)F)c2)C(=O)N1OCC#CCCc1ccc(O)c(C(N)=O)c1. The highest BCUT2D eigenvalue weighted by atomic mass is 19.4. The fraction of sp³-hybridized carbons (Fsp3) is 0.280. The van der Waals surface area contributed by atoms with Crippen LogP contribution in [0.5, 0.6) is 5.75 Å². The standard InChI is InChI=1S/C25H21F3N4O5/c1-24(2)22(35)31(17-9-8-16(14-29)19(13-17)25(26,27)28)23(36)32(24)37-11-5-3-4-6-15-7-10-20(33)18(12-15)21(30)34/h7-10,12-13,33H,4,6,11H2,1-2H3,(H2,30,34). The monoisotopic (exact) mass is 514 g/mol. The average Bonchev–Trinajstić information content (AvgIpc) is 2.99. The van der Waals surface area contributed by atoms with Crippen LogP contribution in [0.3, 0.4) is 0 Å². The highest BCUT2D eigenvalue weighted by Crippen LogP contribution is 2.37. The molecule has 1 aliphatic heterocycles. The molecule has 2 aromatic carbocycles. The zero-order valence-corrected chi connectivity index (χ0v) is 19.7. The number of alkyl halides is 3. The first-order chi connectivity index (χ1) is 17.3. The fourth-order valence-corrected chi connectivity index (χ4v) is 3.60. The summed E-state index contributed by atoms with van der Waals surface area (Å²) in [5.41, 5.74) is 2.09. The molecular formula is C25H21F3N4O5. The van der Waals surface area contributed by atoms with E-state index < -0.39 is 40.7 Å². The van der Waals surface area contributed by atoms with Crippen molar-refractivity contribution in [2.75, 3.05) is 11.5 Å². The molecule has 9 nitrogen and oxygen atoms in total. The lowest BCUT2D eigenvalue weighted by Crippen LogP contribution is -2.44. The van der Waals surface area contributed by atoms with Gasteiger partial charge in [0, 0.05) is 6.42 Å². The molecule has 12 heteroatoms. The van der Waals surface area contributed by atoms with Gasteiger partial charge in [-0.3, -0.25) is 14.4 Å². The topological polar surface area (TPSA) is 137 Å². The van der Waals surface area contributed by atoms with E-state index in [1.165, 1.54) is 32.0 Å². The number of nitriles is 1. The van der Waals surface area contributed by atoms with Crippen LogP contribution in [0.2, 0.25) is 0 Å². The van der Waals surface area contributed by atoms with Gasteiger partial charge in [-0.05, 0) is 56.2 Å². The van der Waals surface area contributed by atoms with Crippen molar-refractivity contribution in [3.63, 3.8) is 0 Å². The summed E-state index contributed by atoms with van der Waals surface area (Å²) in [5, 5.41) is 19.3. The molecule has 3 rings (SSSR count). The van der Waals surface area contributed by atoms with Crippen molar-refractivity contribution in [3.05, 3.63) is 58.7 Å². The Morgan fingerprint density at radius 3 is 2.49 bits per heavy atom. The van der Waals surface area contributed by atoms with Crippen molar-refractivity contribution < 1.29 is 37.5 Å². The van der Waals surface area contributed by atoms with Crippen LogP contribution in [-0.2, 0) is 22.2 Å². The highest BCUT2D eigenvalue weighted by molar-refractivity contribution is 6.22. The number of rotatable bonds is 6. The molecule has 0 saturated carbocycles. The van der Waals surface area contributed by atoms with Crippen LogP contribution in [0.15, 0.2) is 36.4 Å². The predicted molar refractivity (Wildman–Crippen MR) is 124 cm³/mol. The van der Waals surface area contributed by atoms with Gasteiger partial charge in [0.15, 0.2) is 0 Å². The molecule has 3 N–H and O–H groups in total. The number of nitrogens with two attached hydrogens (primary N) is 1. The Bertz CT molecular complexity index is 1370. The molecule has 37 heavy (non-hydrogen) atoms. The summed E-state index contributed by atoms with van der Waals surface area (Å²) < 4.78 is 40.1. The van der Waals surface area contributed by atoms with Crippen molar-refractivity contribution in [1.82, 2.24) is 5.06 Å². The van der Waals surface area contributed by atoms with Gasteiger partial charge in [-0.25, -0.2) is 9.69 Å². The van der Waals surface area contributed by atoms with Gasteiger partial charge in [0.25, 0.3) is 11.8 Å². The average molecular weight is 514 g/mol. The highest BCUT2D eigenvalue weighted by Gasteiger charge is 2.53. The number of urea groups is 1. The second-order valence-electron chi connectivity index (χ2n) is 8.46. The normalized spacial score (nSPS) is 14.8. The largest absolute Gasteiger partial charge is 0.507 e. The number of imide groups is 1. The second-order valence-corrected chi connectivity index (χ2v) is 8.46. The minimum Gasteiger partial charge on any atom is -0.507 e. The number of carbonyl (C=O) groups is 3. The Balaban J connectivity index is 1.69. The van der Waals surface area contributed by atoms with Crippen LogP contribution in [0, 0.1) is 23.2 Å². The molecule has 1 heterocycles. The van der Waals surface area contributed by atoms with E-state index in [0.29, 0.717) is 29.4 Å². The summed E-state index contributed by atoms with van der Waals surface area (Å²) in [5.74, 6) is 3.67. The molecule has 1 fully saturated rings. The maximum absolute atomic E-state index is 13.4. The van der Waals surface area contributed by atoms with Crippen molar-refractivity contribution in [2.24, 2.45) is 5.73 Å². The van der Waals surface area contributed by atoms with E-state index in [2.05, 4.69) is 11.8 Å². The third-order valence-electron chi connectivity index (χ3n) is 5.54. The van der Waals surface area contributed by atoms with Crippen molar-refractivity contribution in [3.8, 4) is 23.7 Å². The fourth-order valence-electron chi connectivity index (χ4n) is 3.60. The number of nitrogens with zero attached hydrogens (tertiary/aromatic N) is 3. The molecule has 0 aliphatic carbocycles. The lowest BCUT2D eigenvalue weighted by Gasteiger charge is -2.25. The Kier molecular flexibility index (Phi) is 7.46. The molecule has 0 radical (unpaired) electrons. The Morgan fingerprint density at radius 1 is 1.16 bits per heavy atom. The molecule has 192 valence electrons. The van der Waals surface area contributed by atoms with Gasteiger partial charge in [0.2, 0.25) is 0 Å². The predicted octanol–water partition coefficient (Wildman–Crippen LogP) is 3.50. The summed E-state index contributed by atoms with van der Waals surface area (Å²) in [6.45, 7) is 2.45. The Morgan fingerprint density at radius 2 is 1.86 bits per heavy atom. The van der Waals surface area contributed by atoms with Gasteiger partial charge in [0.1, 0.15) is 17.9 Å². The number of aryl methyl sites for hydroxylation is 1. The number of benzene rings is 2. The lowest BCUT2D eigenvalue weighted by atomic mass is 10.0. The van der Waals surface area contributed by atoms with E-state index in [9.17, 15) is 32.7 Å². The van der Waals surface area contributed by atoms with Gasteiger partial charge in [-0.1, -0.05) is 12.0 Å². The first-order valence-corrected chi connectivity index (χ1v) is 10.8. The number of hydrogen-bond donors (Lipinski definition) is 2. The zero-order valence-electron chi connectivity index (χ0n) is 19.7. The minimum atomic E-state index is -4.87. The van der Waals surface area contributed by atoms with Crippen LogP contribution in [-0.4, -0.2) is 40.2 Å². The molecule has 4 amide bonds. The quantitative estimate of drug-likeness (QED) is 0.447. The molecule has 0 spiro atoms. The molecule has 0 bridgehead atoms. The van der Waals surface area contributed by atoms with Gasteiger partial charge < -0.3 is 10.8 Å². The summed E-state index contributed by atoms with van der Waals surface area (Å²) in [4.78, 5) is 43.1. The number of phenols is 1. The number of hydroxylamine groups is 2. The number of halogens is 3. The molecule has 1 saturated heterocycles. The van der Waals surface area contributed by atoms with Crippen LogP contribution in [0.25, 0.3) is 0 Å². The van der Waals surface area contributed by atoms with Crippen LogP contribution in [0.1, 0.15) is 47.3 Å². The number of amides is 4. The van der Waals surface area contributed by atoms with E-state index in [-0.39, 0.29) is 23.6 Å². The van der Waals surface area contributed by atoms with Crippen molar-refractivity contribution in [2.45, 2.75) is 38.4 Å². The summed E-state index contributed by atoms with van der Waals surface area (Å²) >= 11 is 0. The van der Waals surface area contributed by atoms with E-state index in [1.807, 2.05) is 0 Å². The molecule has 0 atom stereocenters. The molecule has 1 aliphatic rings. The molecule has 0 unspecified atom stereocenters. The van der Waals surface area contributed by atoms with E-state index in [0.717, 1.165) is 17.2 Å². The lowest BCUT2D eigenvalue weighted by molar-refractivity contribution is -0.158. The molecular weight excluding hydrogens is 493 g/mol. The number of aromatic hydroxyl groups is 1. The van der Waals surface area contributed by atoms with Gasteiger partial charge in [-0.15, -0.1) is 5.92 Å². The van der Waals surface area contributed by atoms with Gasteiger partial charge in [0.05, 0.1) is 28.4 Å².